The van der Waals surface area contributed by atoms with Crippen LogP contribution in [0.5, 0.6) is 5.75 Å². The minimum atomic E-state index is -3.43. The Kier molecular flexibility index (Phi) is 3.47. The molecular weight excluding hydrogens is 218 g/mol. The number of rotatable bonds is 4. The summed E-state index contributed by atoms with van der Waals surface area (Å²) in [6, 6.07) is 4.27. The maximum atomic E-state index is 13.6. The third-order valence-corrected chi connectivity index (χ3v) is 2.12. The van der Waals surface area contributed by atoms with Crippen LogP contribution < -0.4 is 4.74 Å². The van der Waals surface area contributed by atoms with Crippen LogP contribution in [0.25, 0.3) is 0 Å². The summed E-state index contributed by atoms with van der Waals surface area (Å²) in [5, 5.41) is 8.42. The van der Waals surface area contributed by atoms with E-state index in [4.69, 9.17) is 9.84 Å². The fourth-order valence-corrected chi connectivity index (χ4v) is 1.39. The first-order chi connectivity index (χ1) is 7.36. The summed E-state index contributed by atoms with van der Waals surface area (Å²) in [6.45, 7) is 1.65. The van der Waals surface area contributed by atoms with E-state index in [1.807, 2.05) is 0 Å². The van der Waals surface area contributed by atoms with Gasteiger partial charge < -0.3 is 9.84 Å². The first-order valence-corrected chi connectivity index (χ1v) is 4.61. The van der Waals surface area contributed by atoms with Crippen molar-refractivity contribution in [2.45, 2.75) is 19.3 Å². The third-order valence-electron chi connectivity index (χ3n) is 2.12. The number of ether oxygens (including phenoxy) is 1. The fraction of sp³-hybridized carbons (Fsp3) is 0.364. The van der Waals surface area contributed by atoms with Gasteiger partial charge in [0.05, 0.1) is 12.7 Å². The van der Waals surface area contributed by atoms with Crippen LogP contribution in [0.2, 0.25) is 0 Å². The van der Waals surface area contributed by atoms with Crippen molar-refractivity contribution in [1.29, 1.82) is 0 Å². The van der Waals surface area contributed by atoms with Crippen LogP contribution in [0.4, 0.5) is 8.78 Å². The zero-order valence-electron chi connectivity index (χ0n) is 8.96. The summed E-state index contributed by atoms with van der Waals surface area (Å²) in [6.07, 6.45) is -1.24. The van der Waals surface area contributed by atoms with Gasteiger partial charge in [-0.2, -0.15) is 0 Å². The second-order valence-corrected chi connectivity index (χ2v) is 3.48. The lowest BCUT2D eigenvalue weighted by Gasteiger charge is -2.18. The number of hydrogen-bond donors (Lipinski definition) is 1. The molecule has 0 spiro atoms. The number of halogens is 2. The second-order valence-electron chi connectivity index (χ2n) is 3.48. The molecule has 1 N–H and O–H groups in total. The standard InChI is InChI=1S/C11H12F2O3/c1-7-3-4-9(16-2)8(5-7)11(12,13)6-10(14)15/h3-5H,6H2,1-2H3,(H,14,15). The summed E-state index contributed by atoms with van der Waals surface area (Å²) in [5.74, 6) is -4.98. The quantitative estimate of drug-likeness (QED) is 0.864. The largest absolute Gasteiger partial charge is 0.496 e. The summed E-state index contributed by atoms with van der Waals surface area (Å²) < 4.78 is 31.9. The van der Waals surface area contributed by atoms with E-state index in [0.29, 0.717) is 5.56 Å². The molecule has 0 radical (unpaired) electrons. The van der Waals surface area contributed by atoms with Crippen LogP contribution in [0.1, 0.15) is 17.5 Å². The zero-order valence-corrected chi connectivity index (χ0v) is 8.96. The van der Waals surface area contributed by atoms with Gasteiger partial charge in [-0.3, -0.25) is 4.79 Å². The summed E-state index contributed by atoms with van der Waals surface area (Å²) in [7, 11) is 1.27. The summed E-state index contributed by atoms with van der Waals surface area (Å²) >= 11 is 0. The molecule has 0 heterocycles. The van der Waals surface area contributed by atoms with E-state index in [2.05, 4.69) is 0 Å². The van der Waals surface area contributed by atoms with Gasteiger partial charge in [0.25, 0.3) is 5.92 Å². The normalized spacial score (nSPS) is 11.2. The highest BCUT2D eigenvalue weighted by molar-refractivity contribution is 5.68. The van der Waals surface area contributed by atoms with Gasteiger partial charge >= 0.3 is 5.97 Å². The molecule has 5 heteroatoms. The van der Waals surface area contributed by atoms with Crippen molar-refractivity contribution in [2.75, 3.05) is 7.11 Å². The lowest BCUT2D eigenvalue weighted by Crippen LogP contribution is -2.19. The number of aliphatic carboxylic acids is 1. The van der Waals surface area contributed by atoms with Gasteiger partial charge in [0.2, 0.25) is 0 Å². The first-order valence-electron chi connectivity index (χ1n) is 4.61. The van der Waals surface area contributed by atoms with Crippen molar-refractivity contribution in [2.24, 2.45) is 0 Å². The molecule has 16 heavy (non-hydrogen) atoms. The van der Waals surface area contributed by atoms with Crippen molar-refractivity contribution in [3.63, 3.8) is 0 Å². The number of carboxylic acids is 1. The Morgan fingerprint density at radius 1 is 1.50 bits per heavy atom. The Labute approximate surface area is 91.7 Å². The second kappa shape index (κ2) is 4.47. The van der Waals surface area contributed by atoms with Crippen LogP contribution >= 0.6 is 0 Å². The van der Waals surface area contributed by atoms with Gasteiger partial charge in [-0.25, -0.2) is 8.78 Å². The molecule has 0 aliphatic rings. The number of carbonyl (C=O) groups is 1. The average molecular weight is 230 g/mol. The molecule has 0 amide bonds. The minimum Gasteiger partial charge on any atom is -0.496 e. The smallest absolute Gasteiger partial charge is 0.309 e. The fourth-order valence-electron chi connectivity index (χ4n) is 1.39. The molecular formula is C11H12F2O3. The molecule has 0 aliphatic heterocycles. The number of alkyl halides is 2. The molecule has 0 bridgehead atoms. The van der Waals surface area contributed by atoms with Crippen LogP contribution in [-0.4, -0.2) is 18.2 Å². The van der Waals surface area contributed by atoms with Gasteiger partial charge in [0.1, 0.15) is 12.2 Å². The van der Waals surface area contributed by atoms with E-state index in [-0.39, 0.29) is 5.75 Å². The highest BCUT2D eigenvalue weighted by atomic mass is 19.3. The van der Waals surface area contributed by atoms with E-state index >= 15 is 0 Å². The van der Waals surface area contributed by atoms with Crippen LogP contribution in [-0.2, 0) is 10.7 Å². The Balaban J connectivity index is 3.18. The van der Waals surface area contributed by atoms with E-state index in [1.165, 1.54) is 19.2 Å². The third kappa shape index (κ3) is 2.68. The minimum absolute atomic E-state index is 0.00292. The van der Waals surface area contributed by atoms with E-state index < -0.39 is 23.9 Å². The van der Waals surface area contributed by atoms with Gasteiger partial charge in [-0.1, -0.05) is 11.6 Å². The predicted molar refractivity (Wildman–Crippen MR) is 53.9 cm³/mol. The molecule has 0 atom stereocenters. The van der Waals surface area contributed by atoms with Gasteiger partial charge in [0, 0.05) is 0 Å². The van der Waals surface area contributed by atoms with Gasteiger partial charge in [0.15, 0.2) is 0 Å². The van der Waals surface area contributed by atoms with E-state index in [9.17, 15) is 13.6 Å². The van der Waals surface area contributed by atoms with Crippen molar-refractivity contribution in [3.8, 4) is 5.75 Å². The maximum absolute atomic E-state index is 13.6. The van der Waals surface area contributed by atoms with E-state index in [0.717, 1.165) is 0 Å². The van der Waals surface area contributed by atoms with Crippen LogP contribution in [0, 0.1) is 6.92 Å². The molecule has 0 saturated carbocycles. The average Bonchev–Trinajstić information content (AvgIpc) is 2.15. The summed E-state index contributed by atoms with van der Waals surface area (Å²) in [4.78, 5) is 10.4. The topological polar surface area (TPSA) is 46.5 Å². The molecule has 0 fully saturated rings. The highest BCUT2D eigenvalue weighted by Crippen LogP contribution is 2.38. The van der Waals surface area contributed by atoms with Crippen molar-refractivity contribution >= 4 is 5.97 Å². The predicted octanol–water partition coefficient (Wildman–Crippen LogP) is 2.57. The van der Waals surface area contributed by atoms with Crippen LogP contribution in [0.3, 0.4) is 0 Å². The number of hydrogen-bond acceptors (Lipinski definition) is 2. The van der Waals surface area contributed by atoms with Gasteiger partial charge in [-0.15, -0.1) is 0 Å². The lowest BCUT2D eigenvalue weighted by molar-refractivity contribution is -0.145. The molecule has 1 aromatic carbocycles. The molecule has 3 nitrogen and oxygen atoms in total. The van der Waals surface area contributed by atoms with Crippen molar-refractivity contribution in [3.05, 3.63) is 29.3 Å². The number of aryl methyl sites for hydroxylation is 1. The maximum Gasteiger partial charge on any atom is 0.309 e. The number of carboxylic acid groups (broad SMARTS) is 1. The summed E-state index contributed by atoms with van der Waals surface area (Å²) in [5.41, 5.74) is 0.235. The molecule has 0 saturated heterocycles. The lowest BCUT2D eigenvalue weighted by atomic mass is 10.0. The molecule has 0 unspecified atom stereocenters. The monoisotopic (exact) mass is 230 g/mol. The molecule has 1 aromatic rings. The number of methoxy groups -OCH3 is 1. The molecule has 88 valence electrons. The first kappa shape index (κ1) is 12.4. The molecule has 1 rings (SSSR count). The SMILES string of the molecule is COc1ccc(C)cc1C(F)(F)CC(=O)O. The highest BCUT2D eigenvalue weighted by Gasteiger charge is 2.37. The molecule has 0 aromatic heterocycles. The van der Waals surface area contributed by atoms with Gasteiger partial charge in [-0.05, 0) is 19.1 Å². The number of benzene rings is 1. The Bertz CT molecular complexity index is 402. The Morgan fingerprint density at radius 2 is 2.12 bits per heavy atom. The van der Waals surface area contributed by atoms with Crippen molar-refractivity contribution in [1.82, 2.24) is 0 Å². The zero-order chi connectivity index (χ0) is 12.3. The molecule has 0 aliphatic carbocycles. The van der Waals surface area contributed by atoms with Crippen molar-refractivity contribution < 1.29 is 23.4 Å². The Hall–Kier alpha value is -1.65. The van der Waals surface area contributed by atoms with E-state index in [1.54, 1.807) is 13.0 Å². The Morgan fingerprint density at radius 3 is 2.62 bits per heavy atom. The van der Waals surface area contributed by atoms with Crippen LogP contribution in [0.15, 0.2) is 18.2 Å².